The minimum Gasteiger partial charge on any atom is -0.368 e. The van der Waals surface area contributed by atoms with E-state index in [1.54, 1.807) is 4.90 Å². The van der Waals surface area contributed by atoms with Gasteiger partial charge < -0.3 is 16.0 Å². The van der Waals surface area contributed by atoms with Gasteiger partial charge in [0.05, 0.1) is 6.54 Å². The summed E-state index contributed by atoms with van der Waals surface area (Å²) in [5.41, 5.74) is 5.14. The number of rotatable bonds is 4. The molecule has 1 unspecified atom stereocenters. The molecule has 2 aliphatic rings. The number of amides is 2. The molecule has 1 atom stereocenters. The Kier molecular flexibility index (Phi) is 2.41. The summed E-state index contributed by atoms with van der Waals surface area (Å²) in [6.45, 7) is 1.01. The Hall–Kier alpha value is -1.10. The third-order valence-corrected chi connectivity index (χ3v) is 2.79. The fourth-order valence-electron chi connectivity index (χ4n) is 1.60. The van der Waals surface area contributed by atoms with Crippen LogP contribution >= 0.6 is 0 Å². The molecule has 1 saturated carbocycles. The van der Waals surface area contributed by atoms with E-state index in [4.69, 9.17) is 5.73 Å². The number of likely N-dealkylation sites (tertiary alicyclic amines) is 1. The van der Waals surface area contributed by atoms with Gasteiger partial charge in [-0.15, -0.1) is 0 Å². The number of nitrogens with two attached hydrogens (primary N) is 1. The number of nitrogens with zero attached hydrogens (tertiary/aromatic N) is 1. The summed E-state index contributed by atoms with van der Waals surface area (Å²) in [5, 5.41) is 3.12. The molecule has 1 aliphatic carbocycles. The van der Waals surface area contributed by atoms with Gasteiger partial charge in [-0.25, -0.2) is 0 Å². The van der Waals surface area contributed by atoms with Crippen LogP contribution in [0.3, 0.4) is 0 Å². The Morgan fingerprint density at radius 3 is 2.50 bits per heavy atom. The number of hydrogen-bond acceptors (Lipinski definition) is 3. The fourth-order valence-corrected chi connectivity index (χ4v) is 1.60. The average molecular weight is 197 g/mol. The van der Waals surface area contributed by atoms with Gasteiger partial charge in [0.2, 0.25) is 11.8 Å². The summed E-state index contributed by atoms with van der Waals surface area (Å²) < 4.78 is 0. The van der Waals surface area contributed by atoms with Crippen LogP contribution in [0.5, 0.6) is 0 Å². The van der Waals surface area contributed by atoms with Gasteiger partial charge in [0.15, 0.2) is 0 Å². The maximum atomic E-state index is 11.5. The predicted molar refractivity (Wildman–Crippen MR) is 50.3 cm³/mol. The molecule has 0 aromatic rings. The SMILES string of the molecule is NC(=O)C1CCN1C(=O)CNC1CC1. The van der Waals surface area contributed by atoms with E-state index in [1.165, 1.54) is 0 Å². The molecule has 1 aliphatic heterocycles. The van der Waals surface area contributed by atoms with E-state index < -0.39 is 5.91 Å². The van der Waals surface area contributed by atoms with Crippen LogP contribution in [0.4, 0.5) is 0 Å². The van der Waals surface area contributed by atoms with E-state index in [-0.39, 0.29) is 11.9 Å². The summed E-state index contributed by atoms with van der Waals surface area (Å²) in [7, 11) is 0. The summed E-state index contributed by atoms with van der Waals surface area (Å²) in [6.07, 6.45) is 3.03. The third kappa shape index (κ3) is 1.87. The van der Waals surface area contributed by atoms with Gasteiger partial charge in [0.25, 0.3) is 0 Å². The molecule has 0 radical (unpaired) electrons. The molecule has 0 spiro atoms. The molecule has 14 heavy (non-hydrogen) atoms. The van der Waals surface area contributed by atoms with Gasteiger partial charge in [-0.05, 0) is 19.3 Å². The molecule has 5 heteroatoms. The number of carbonyl (C=O) groups excluding carboxylic acids is 2. The van der Waals surface area contributed by atoms with Crippen LogP contribution in [-0.2, 0) is 9.59 Å². The van der Waals surface area contributed by atoms with Crippen LogP contribution in [0.2, 0.25) is 0 Å². The Labute approximate surface area is 82.6 Å². The molecule has 2 rings (SSSR count). The molecule has 0 aromatic heterocycles. The minimum atomic E-state index is -0.393. The van der Waals surface area contributed by atoms with Crippen molar-refractivity contribution in [3.8, 4) is 0 Å². The van der Waals surface area contributed by atoms with E-state index in [0.29, 0.717) is 25.6 Å². The van der Waals surface area contributed by atoms with Crippen molar-refractivity contribution in [2.24, 2.45) is 5.73 Å². The van der Waals surface area contributed by atoms with E-state index in [1.807, 2.05) is 0 Å². The van der Waals surface area contributed by atoms with Gasteiger partial charge in [-0.2, -0.15) is 0 Å². The Morgan fingerprint density at radius 2 is 2.07 bits per heavy atom. The van der Waals surface area contributed by atoms with Crippen molar-refractivity contribution in [3.05, 3.63) is 0 Å². The van der Waals surface area contributed by atoms with Crippen molar-refractivity contribution >= 4 is 11.8 Å². The van der Waals surface area contributed by atoms with Crippen molar-refractivity contribution in [3.63, 3.8) is 0 Å². The zero-order valence-corrected chi connectivity index (χ0v) is 8.03. The zero-order valence-electron chi connectivity index (χ0n) is 8.03. The van der Waals surface area contributed by atoms with Crippen molar-refractivity contribution < 1.29 is 9.59 Å². The second-order valence-electron chi connectivity index (χ2n) is 3.95. The molecule has 78 valence electrons. The molecule has 0 aromatic carbocycles. The Morgan fingerprint density at radius 1 is 1.36 bits per heavy atom. The minimum absolute atomic E-state index is 0.00745. The molecule has 1 heterocycles. The fraction of sp³-hybridized carbons (Fsp3) is 0.778. The normalized spacial score (nSPS) is 25.7. The number of primary amides is 1. The molecule has 0 bridgehead atoms. The highest BCUT2D eigenvalue weighted by atomic mass is 16.2. The van der Waals surface area contributed by atoms with E-state index in [2.05, 4.69) is 5.32 Å². The largest absolute Gasteiger partial charge is 0.368 e. The first-order chi connectivity index (χ1) is 6.68. The highest BCUT2D eigenvalue weighted by molar-refractivity contribution is 5.89. The van der Waals surface area contributed by atoms with Crippen molar-refractivity contribution in [1.82, 2.24) is 10.2 Å². The average Bonchev–Trinajstić information content (AvgIpc) is 2.79. The van der Waals surface area contributed by atoms with Gasteiger partial charge in [-0.1, -0.05) is 0 Å². The van der Waals surface area contributed by atoms with E-state index >= 15 is 0 Å². The van der Waals surface area contributed by atoms with Crippen molar-refractivity contribution in [2.45, 2.75) is 31.3 Å². The van der Waals surface area contributed by atoms with Gasteiger partial charge in [0, 0.05) is 12.6 Å². The lowest BCUT2D eigenvalue weighted by Gasteiger charge is -2.38. The molecular formula is C9H15N3O2. The Balaban J connectivity index is 1.76. The highest BCUT2D eigenvalue weighted by Gasteiger charge is 2.36. The second kappa shape index (κ2) is 3.57. The maximum absolute atomic E-state index is 11.5. The van der Waals surface area contributed by atoms with Gasteiger partial charge >= 0.3 is 0 Å². The molecule has 1 saturated heterocycles. The van der Waals surface area contributed by atoms with Crippen LogP contribution < -0.4 is 11.1 Å². The molecule has 2 amide bonds. The van der Waals surface area contributed by atoms with Crippen molar-refractivity contribution in [2.75, 3.05) is 13.1 Å². The summed E-state index contributed by atoms with van der Waals surface area (Å²) in [4.78, 5) is 23.9. The van der Waals surface area contributed by atoms with Crippen LogP contribution in [0.1, 0.15) is 19.3 Å². The molecule has 2 fully saturated rings. The summed E-state index contributed by atoms with van der Waals surface area (Å²) in [6, 6.07) is 0.163. The van der Waals surface area contributed by atoms with Crippen LogP contribution in [0.25, 0.3) is 0 Å². The van der Waals surface area contributed by atoms with Crippen LogP contribution in [0.15, 0.2) is 0 Å². The first-order valence-electron chi connectivity index (χ1n) is 5.00. The van der Waals surface area contributed by atoms with Crippen LogP contribution in [-0.4, -0.2) is 41.9 Å². The second-order valence-corrected chi connectivity index (χ2v) is 3.95. The summed E-state index contributed by atoms with van der Waals surface area (Å²) in [5.74, 6) is -0.400. The molecule has 3 N–H and O–H groups in total. The molecular weight excluding hydrogens is 182 g/mol. The predicted octanol–water partition coefficient (Wildman–Crippen LogP) is -1.18. The van der Waals surface area contributed by atoms with Gasteiger partial charge in [-0.3, -0.25) is 9.59 Å². The lowest BCUT2D eigenvalue weighted by atomic mass is 10.0. The Bertz CT molecular complexity index is 263. The number of nitrogens with one attached hydrogen (secondary N) is 1. The van der Waals surface area contributed by atoms with E-state index in [0.717, 1.165) is 12.8 Å². The summed E-state index contributed by atoms with van der Waals surface area (Å²) >= 11 is 0. The topological polar surface area (TPSA) is 75.4 Å². The van der Waals surface area contributed by atoms with E-state index in [9.17, 15) is 9.59 Å². The lowest BCUT2D eigenvalue weighted by molar-refractivity contribution is -0.145. The monoisotopic (exact) mass is 197 g/mol. The first kappa shape index (κ1) is 9.45. The lowest BCUT2D eigenvalue weighted by Crippen LogP contribution is -2.59. The number of carbonyl (C=O) groups is 2. The standard InChI is InChI=1S/C9H15N3O2/c10-9(14)7-3-4-12(7)8(13)5-11-6-1-2-6/h6-7,11H,1-5H2,(H2,10,14). The number of hydrogen-bond donors (Lipinski definition) is 2. The van der Waals surface area contributed by atoms with Crippen molar-refractivity contribution in [1.29, 1.82) is 0 Å². The molecule has 5 nitrogen and oxygen atoms in total. The smallest absolute Gasteiger partial charge is 0.240 e. The highest BCUT2D eigenvalue weighted by Crippen LogP contribution is 2.19. The quantitative estimate of drug-likeness (QED) is 0.596. The zero-order chi connectivity index (χ0) is 10.1. The van der Waals surface area contributed by atoms with Gasteiger partial charge in [0.1, 0.15) is 6.04 Å². The maximum Gasteiger partial charge on any atom is 0.240 e. The van der Waals surface area contributed by atoms with Crippen LogP contribution in [0, 0.1) is 0 Å². The third-order valence-electron chi connectivity index (χ3n) is 2.79. The first-order valence-corrected chi connectivity index (χ1v) is 5.00.